The molecule has 1 aliphatic carbocycles. The molecule has 0 radical (unpaired) electrons. The molecule has 30 heavy (non-hydrogen) atoms. The summed E-state index contributed by atoms with van der Waals surface area (Å²) in [4.78, 5) is 4.94. The zero-order valence-corrected chi connectivity index (χ0v) is 19.2. The first-order chi connectivity index (χ1) is 14.3. The second-order valence-electron chi connectivity index (χ2n) is 8.57. The van der Waals surface area contributed by atoms with Crippen molar-refractivity contribution in [2.24, 2.45) is 4.99 Å². The second-order valence-corrected chi connectivity index (χ2v) is 10.8. The van der Waals surface area contributed by atoms with Crippen molar-refractivity contribution in [2.75, 3.05) is 31.9 Å². The van der Waals surface area contributed by atoms with Crippen molar-refractivity contribution in [3.05, 3.63) is 23.8 Å². The lowest BCUT2D eigenvalue weighted by Crippen LogP contribution is -2.44. The van der Waals surface area contributed by atoms with E-state index in [4.69, 9.17) is 14.5 Å². The van der Waals surface area contributed by atoms with Gasteiger partial charge in [-0.2, -0.15) is 0 Å². The number of benzene rings is 1. The number of guanidine groups is 1. The van der Waals surface area contributed by atoms with Gasteiger partial charge in [0.2, 0.25) is 6.79 Å². The van der Waals surface area contributed by atoms with Gasteiger partial charge in [-0.1, -0.05) is 25.3 Å². The van der Waals surface area contributed by atoms with E-state index in [-0.39, 0.29) is 24.0 Å². The molecule has 1 fully saturated rings. The molecule has 168 valence electrons. The van der Waals surface area contributed by atoms with Gasteiger partial charge in [-0.3, -0.25) is 4.99 Å². The van der Waals surface area contributed by atoms with Gasteiger partial charge in [0.05, 0.1) is 12.3 Å². The zero-order valence-electron chi connectivity index (χ0n) is 18.4. The molecule has 1 atom stereocenters. The molecule has 0 saturated heterocycles. The number of hydrogen-bond acceptors (Lipinski definition) is 5. The zero-order chi connectivity index (χ0) is 21.6. The van der Waals surface area contributed by atoms with Gasteiger partial charge >= 0.3 is 0 Å². The Kier molecular flexibility index (Phi) is 7.50. The highest BCUT2D eigenvalue weighted by molar-refractivity contribution is 7.90. The average Bonchev–Trinajstić information content (AvgIpc) is 3.19. The van der Waals surface area contributed by atoms with Gasteiger partial charge < -0.3 is 20.1 Å². The molecule has 1 aromatic carbocycles. The Labute approximate surface area is 180 Å². The van der Waals surface area contributed by atoms with Crippen LogP contribution in [0.4, 0.5) is 0 Å². The van der Waals surface area contributed by atoms with Crippen molar-refractivity contribution in [1.82, 2.24) is 10.6 Å². The Morgan fingerprint density at radius 2 is 1.93 bits per heavy atom. The van der Waals surface area contributed by atoms with Crippen molar-refractivity contribution in [2.45, 2.75) is 63.8 Å². The van der Waals surface area contributed by atoms with Crippen LogP contribution in [0.3, 0.4) is 0 Å². The first kappa shape index (κ1) is 22.7. The Hall–Kier alpha value is -1.96. The number of ether oxygens (including phenoxy) is 2. The molecule has 0 bridgehead atoms. The molecule has 0 aromatic heterocycles. The minimum Gasteiger partial charge on any atom is -0.454 e. The van der Waals surface area contributed by atoms with E-state index in [1.807, 2.05) is 19.9 Å². The molecule has 3 rings (SSSR count). The van der Waals surface area contributed by atoms with Gasteiger partial charge in [0.15, 0.2) is 17.5 Å². The summed E-state index contributed by atoms with van der Waals surface area (Å²) in [6.07, 6.45) is 7.67. The van der Waals surface area contributed by atoms with Gasteiger partial charge in [-0.15, -0.1) is 0 Å². The van der Waals surface area contributed by atoms with Crippen molar-refractivity contribution in [3.8, 4) is 11.5 Å². The summed E-state index contributed by atoms with van der Waals surface area (Å²) in [7, 11) is -2.97. The summed E-state index contributed by atoms with van der Waals surface area (Å²) in [6.45, 7) is 5.74. The highest BCUT2D eigenvalue weighted by Gasteiger charge is 2.35. The van der Waals surface area contributed by atoms with E-state index in [9.17, 15) is 8.42 Å². The molecule has 7 nitrogen and oxygen atoms in total. The standard InChI is InChI=1S/C22H35N3O4S/c1-4-23-21(25-17(2)10-13-30(3,26)27)24-15-22(11-6-5-7-12-22)18-8-9-19-20(14-18)29-16-28-19/h8-9,14,17H,4-7,10-13,15-16H2,1-3H3,(H2,23,24,25). The molecule has 0 amide bonds. The number of rotatable bonds is 8. The third-order valence-electron chi connectivity index (χ3n) is 5.98. The number of fused-ring (bicyclic) bond motifs is 1. The number of aliphatic imine (C=N–C) groups is 1. The molecule has 1 saturated carbocycles. The molecule has 1 aromatic rings. The van der Waals surface area contributed by atoms with Crippen molar-refractivity contribution in [1.29, 1.82) is 0 Å². The topological polar surface area (TPSA) is 89.0 Å². The van der Waals surface area contributed by atoms with Gasteiger partial charge in [-0.25, -0.2) is 8.42 Å². The fourth-order valence-electron chi connectivity index (χ4n) is 4.24. The number of nitrogens with one attached hydrogen (secondary N) is 2. The van der Waals surface area contributed by atoms with E-state index >= 15 is 0 Å². The largest absolute Gasteiger partial charge is 0.454 e. The maximum absolute atomic E-state index is 11.5. The van der Waals surface area contributed by atoms with E-state index in [1.165, 1.54) is 31.1 Å². The summed E-state index contributed by atoms with van der Waals surface area (Å²) in [5.41, 5.74) is 1.24. The van der Waals surface area contributed by atoms with E-state index in [1.54, 1.807) is 0 Å². The van der Waals surface area contributed by atoms with Gasteiger partial charge in [0.1, 0.15) is 9.84 Å². The second kappa shape index (κ2) is 9.90. The molecule has 1 aliphatic heterocycles. The Balaban J connectivity index is 1.76. The van der Waals surface area contributed by atoms with Crippen LogP contribution in [0.2, 0.25) is 0 Å². The number of sulfone groups is 1. The predicted octanol–water partition coefficient (Wildman–Crippen LogP) is 3.00. The summed E-state index contributed by atoms with van der Waals surface area (Å²) in [6, 6.07) is 6.31. The lowest BCUT2D eigenvalue weighted by atomic mass is 9.69. The average molecular weight is 438 g/mol. The SMILES string of the molecule is CCNC(=NCC1(c2ccc3c(c2)OCO3)CCCCC1)NC(C)CCS(C)(=O)=O. The van der Waals surface area contributed by atoms with Crippen LogP contribution in [-0.2, 0) is 15.3 Å². The lowest BCUT2D eigenvalue weighted by Gasteiger charge is -2.37. The van der Waals surface area contributed by atoms with E-state index in [2.05, 4.69) is 22.8 Å². The van der Waals surface area contributed by atoms with E-state index in [0.29, 0.717) is 13.0 Å². The molecule has 2 aliphatic rings. The monoisotopic (exact) mass is 437 g/mol. The molecule has 1 unspecified atom stereocenters. The molecule has 0 spiro atoms. The first-order valence-electron chi connectivity index (χ1n) is 10.9. The highest BCUT2D eigenvalue weighted by Crippen LogP contribution is 2.43. The summed E-state index contributed by atoms with van der Waals surface area (Å²) >= 11 is 0. The minimum absolute atomic E-state index is 0.0163. The van der Waals surface area contributed by atoms with Crippen LogP contribution in [0.15, 0.2) is 23.2 Å². The third kappa shape index (κ3) is 6.03. The third-order valence-corrected chi connectivity index (χ3v) is 6.96. The highest BCUT2D eigenvalue weighted by atomic mass is 32.2. The van der Waals surface area contributed by atoms with Crippen LogP contribution >= 0.6 is 0 Å². The quantitative estimate of drug-likeness (QED) is 0.480. The van der Waals surface area contributed by atoms with Crippen LogP contribution in [0.1, 0.15) is 57.9 Å². The summed E-state index contributed by atoms with van der Waals surface area (Å²) in [5, 5.41) is 6.68. The van der Waals surface area contributed by atoms with Gasteiger partial charge in [0.25, 0.3) is 0 Å². The smallest absolute Gasteiger partial charge is 0.231 e. The maximum atomic E-state index is 11.5. The van der Waals surface area contributed by atoms with Crippen LogP contribution in [-0.4, -0.2) is 52.3 Å². The Morgan fingerprint density at radius 3 is 2.63 bits per heavy atom. The fraction of sp³-hybridized carbons (Fsp3) is 0.682. The van der Waals surface area contributed by atoms with Crippen LogP contribution in [0, 0.1) is 0 Å². The van der Waals surface area contributed by atoms with E-state index in [0.717, 1.165) is 36.8 Å². The van der Waals surface area contributed by atoms with Crippen molar-refractivity contribution in [3.63, 3.8) is 0 Å². The maximum Gasteiger partial charge on any atom is 0.231 e. The molecular formula is C22H35N3O4S. The lowest BCUT2D eigenvalue weighted by molar-refractivity contribution is 0.174. The predicted molar refractivity (Wildman–Crippen MR) is 120 cm³/mol. The number of hydrogen-bond donors (Lipinski definition) is 2. The molecule has 2 N–H and O–H groups in total. The van der Waals surface area contributed by atoms with E-state index < -0.39 is 9.84 Å². The van der Waals surface area contributed by atoms with Crippen LogP contribution in [0.5, 0.6) is 11.5 Å². The van der Waals surface area contributed by atoms with Gasteiger partial charge in [0, 0.05) is 24.3 Å². The van der Waals surface area contributed by atoms with Gasteiger partial charge in [-0.05, 0) is 50.8 Å². The molecule has 8 heteroatoms. The normalized spacial score (nSPS) is 19.4. The van der Waals surface area contributed by atoms with Crippen LogP contribution in [0.25, 0.3) is 0 Å². The number of nitrogens with zero attached hydrogens (tertiary/aromatic N) is 1. The molecule has 1 heterocycles. The first-order valence-corrected chi connectivity index (χ1v) is 13.0. The van der Waals surface area contributed by atoms with Crippen molar-refractivity contribution < 1.29 is 17.9 Å². The molecular weight excluding hydrogens is 402 g/mol. The van der Waals surface area contributed by atoms with Crippen molar-refractivity contribution >= 4 is 15.8 Å². The Bertz CT molecular complexity index is 848. The van der Waals surface area contributed by atoms with Crippen LogP contribution < -0.4 is 20.1 Å². The minimum atomic E-state index is -2.97. The Morgan fingerprint density at radius 1 is 1.20 bits per heavy atom. The fourth-order valence-corrected chi connectivity index (χ4v) is 5.02. The summed E-state index contributed by atoms with van der Waals surface area (Å²) in [5.74, 6) is 2.54. The summed E-state index contributed by atoms with van der Waals surface area (Å²) < 4.78 is 34.0.